The fourth-order valence-corrected chi connectivity index (χ4v) is 2.06. The van der Waals surface area contributed by atoms with Crippen LogP contribution in [0.5, 0.6) is 0 Å². The van der Waals surface area contributed by atoms with Crippen molar-refractivity contribution < 1.29 is 4.39 Å². The Balaban J connectivity index is 2.62. The molecule has 0 radical (unpaired) electrons. The first-order valence-corrected chi connectivity index (χ1v) is 6.19. The molecule has 2 nitrogen and oxygen atoms in total. The van der Waals surface area contributed by atoms with Crippen molar-refractivity contribution in [2.24, 2.45) is 0 Å². The molecule has 0 N–H and O–H groups in total. The first-order valence-electron chi connectivity index (χ1n) is 4.69. The Hall–Kier alpha value is -0.870. The monoisotopic (exact) mass is 302 g/mol. The molecule has 1 aromatic heterocycles. The number of hydrogen-bond acceptors (Lipinski definition) is 1. The highest BCUT2D eigenvalue weighted by Crippen LogP contribution is 2.23. The summed E-state index contributed by atoms with van der Waals surface area (Å²) in [5.74, 6) is -0.309. The topological polar surface area (TPSA) is 17.8 Å². The Bertz CT molecular complexity index is 505. The van der Waals surface area contributed by atoms with Crippen LogP contribution < -0.4 is 0 Å². The number of benzene rings is 1. The number of rotatable bonds is 2. The minimum absolute atomic E-state index is 0.309. The minimum Gasteiger partial charge on any atom is -0.236 e. The average Bonchev–Trinajstić information content (AvgIpc) is 2.58. The lowest BCUT2D eigenvalue weighted by Crippen LogP contribution is -2.02. The first-order chi connectivity index (χ1) is 7.63. The van der Waals surface area contributed by atoms with Gasteiger partial charge < -0.3 is 0 Å². The molecule has 2 aromatic rings. The maximum atomic E-state index is 13.7. The third-order valence-electron chi connectivity index (χ3n) is 2.28. The van der Waals surface area contributed by atoms with E-state index in [9.17, 15) is 4.39 Å². The average molecular weight is 304 g/mol. The van der Waals surface area contributed by atoms with E-state index < -0.39 is 0 Å². The van der Waals surface area contributed by atoms with Crippen molar-refractivity contribution in [3.8, 4) is 5.69 Å². The zero-order valence-corrected chi connectivity index (χ0v) is 10.9. The molecular weight excluding hydrogens is 294 g/mol. The summed E-state index contributed by atoms with van der Waals surface area (Å²) in [6.45, 7) is 1.79. The predicted octanol–water partition coefficient (Wildman–Crippen LogP) is 3.87. The molecule has 0 saturated carbocycles. The molecule has 0 amide bonds. The molecule has 0 aliphatic heterocycles. The summed E-state index contributed by atoms with van der Waals surface area (Å²) in [6.07, 6.45) is 1.61. The van der Waals surface area contributed by atoms with Crippen LogP contribution in [0.1, 0.15) is 11.3 Å². The van der Waals surface area contributed by atoms with Gasteiger partial charge in [-0.3, -0.25) is 0 Å². The van der Waals surface area contributed by atoms with Gasteiger partial charge in [-0.05, 0) is 18.6 Å². The Labute approximate surface area is 106 Å². The summed E-state index contributed by atoms with van der Waals surface area (Å²) in [5.41, 5.74) is 1.96. The van der Waals surface area contributed by atoms with Crippen LogP contribution in [0.15, 0.2) is 24.4 Å². The molecule has 0 fully saturated rings. The van der Waals surface area contributed by atoms with Crippen LogP contribution in [0.3, 0.4) is 0 Å². The standard InChI is InChI=1S/C11H9BrClFN2/c1-7-9(13)6-16(15-7)11-8(5-12)3-2-4-10(11)14/h2-4,6H,5H2,1H3. The number of aryl methyl sites for hydroxylation is 1. The van der Waals surface area contributed by atoms with Crippen molar-refractivity contribution in [2.45, 2.75) is 12.3 Å². The predicted molar refractivity (Wildman–Crippen MR) is 65.9 cm³/mol. The van der Waals surface area contributed by atoms with E-state index in [0.717, 1.165) is 5.56 Å². The molecule has 1 aromatic carbocycles. The van der Waals surface area contributed by atoms with Crippen LogP contribution in [-0.4, -0.2) is 9.78 Å². The van der Waals surface area contributed by atoms with Gasteiger partial charge in [0.15, 0.2) is 0 Å². The summed E-state index contributed by atoms with van der Waals surface area (Å²) < 4.78 is 15.2. The quantitative estimate of drug-likeness (QED) is 0.770. The van der Waals surface area contributed by atoms with Gasteiger partial charge in [0.25, 0.3) is 0 Å². The van der Waals surface area contributed by atoms with Gasteiger partial charge in [-0.15, -0.1) is 0 Å². The van der Waals surface area contributed by atoms with Gasteiger partial charge in [-0.25, -0.2) is 9.07 Å². The first kappa shape index (κ1) is 11.6. The van der Waals surface area contributed by atoms with Crippen LogP contribution in [0, 0.1) is 12.7 Å². The molecule has 0 saturated heterocycles. The van der Waals surface area contributed by atoms with Crippen molar-refractivity contribution in [1.82, 2.24) is 9.78 Å². The number of para-hydroxylation sites is 1. The fourth-order valence-electron chi connectivity index (χ4n) is 1.48. The molecule has 0 unspecified atom stereocenters. The smallest absolute Gasteiger partial charge is 0.149 e. The van der Waals surface area contributed by atoms with Gasteiger partial charge in [0.05, 0.1) is 10.7 Å². The third kappa shape index (κ3) is 1.99. The Morgan fingerprint density at radius 3 is 2.81 bits per heavy atom. The van der Waals surface area contributed by atoms with Crippen LogP contribution in [0.2, 0.25) is 5.02 Å². The Morgan fingerprint density at radius 2 is 2.25 bits per heavy atom. The van der Waals surface area contributed by atoms with Gasteiger partial charge in [0.2, 0.25) is 0 Å². The van der Waals surface area contributed by atoms with E-state index in [-0.39, 0.29) is 5.82 Å². The molecule has 2 rings (SSSR count). The van der Waals surface area contributed by atoms with Gasteiger partial charge in [-0.1, -0.05) is 39.7 Å². The highest BCUT2D eigenvalue weighted by Gasteiger charge is 2.12. The molecule has 0 aliphatic rings. The Morgan fingerprint density at radius 1 is 1.50 bits per heavy atom. The lowest BCUT2D eigenvalue weighted by Gasteiger charge is -2.07. The maximum Gasteiger partial charge on any atom is 0.149 e. The largest absolute Gasteiger partial charge is 0.236 e. The van der Waals surface area contributed by atoms with Gasteiger partial charge in [0, 0.05) is 11.5 Å². The third-order valence-corrected chi connectivity index (χ3v) is 3.26. The van der Waals surface area contributed by atoms with Gasteiger partial charge >= 0.3 is 0 Å². The van der Waals surface area contributed by atoms with Crippen molar-refractivity contribution in [1.29, 1.82) is 0 Å². The molecule has 84 valence electrons. The molecule has 0 atom stereocenters. The van der Waals surface area contributed by atoms with E-state index in [0.29, 0.717) is 21.7 Å². The van der Waals surface area contributed by atoms with Crippen molar-refractivity contribution in [3.05, 3.63) is 46.5 Å². The highest BCUT2D eigenvalue weighted by molar-refractivity contribution is 9.08. The van der Waals surface area contributed by atoms with Crippen molar-refractivity contribution >= 4 is 27.5 Å². The molecule has 0 bridgehead atoms. The summed E-state index contributed by atoms with van der Waals surface area (Å²) in [5, 5.41) is 5.27. The normalized spacial score (nSPS) is 10.8. The van der Waals surface area contributed by atoms with E-state index >= 15 is 0 Å². The minimum atomic E-state index is -0.309. The van der Waals surface area contributed by atoms with Crippen LogP contribution in [0.25, 0.3) is 5.69 Å². The summed E-state index contributed by atoms with van der Waals surface area (Å²) in [6, 6.07) is 4.93. The number of aromatic nitrogens is 2. The summed E-state index contributed by atoms with van der Waals surface area (Å²) in [4.78, 5) is 0. The summed E-state index contributed by atoms with van der Waals surface area (Å²) in [7, 11) is 0. The molecule has 0 spiro atoms. The molecule has 5 heteroatoms. The second-order valence-corrected chi connectivity index (χ2v) is 4.36. The summed E-state index contributed by atoms with van der Waals surface area (Å²) >= 11 is 9.23. The van der Waals surface area contributed by atoms with Crippen molar-refractivity contribution in [3.63, 3.8) is 0 Å². The molecule has 16 heavy (non-hydrogen) atoms. The number of hydrogen-bond donors (Lipinski definition) is 0. The van der Waals surface area contributed by atoms with E-state index in [1.54, 1.807) is 19.2 Å². The fraction of sp³-hybridized carbons (Fsp3) is 0.182. The highest BCUT2D eigenvalue weighted by atomic mass is 79.9. The van der Waals surface area contributed by atoms with E-state index in [4.69, 9.17) is 11.6 Å². The zero-order valence-electron chi connectivity index (χ0n) is 8.54. The second kappa shape index (κ2) is 4.55. The van der Waals surface area contributed by atoms with E-state index in [1.165, 1.54) is 10.7 Å². The van der Waals surface area contributed by atoms with Crippen LogP contribution in [0.4, 0.5) is 4.39 Å². The lowest BCUT2D eigenvalue weighted by atomic mass is 10.2. The molecular formula is C11H9BrClFN2. The SMILES string of the molecule is Cc1nn(-c2c(F)cccc2CBr)cc1Cl. The molecule has 0 aliphatic carbocycles. The van der Waals surface area contributed by atoms with E-state index in [1.807, 2.05) is 6.07 Å². The van der Waals surface area contributed by atoms with Crippen LogP contribution in [-0.2, 0) is 5.33 Å². The number of alkyl halides is 1. The van der Waals surface area contributed by atoms with Gasteiger partial charge in [-0.2, -0.15) is 5.10 Å². The van der Waals surface area contributed by atoms with Gasteiger partial charge in [0.1, 0.15) is 11.5 Å². The molecule has 1 heterocycles. The number of halogens is 3. The lowest BCUT2D eigenvalue weighted by molar-refractivity contribution is 0.608. The zero-order chi connectivity index (χ0) is 11.7. The maximum absolute atomic E-state index is 13.7. The second-order valence-electron chi connectivity index (χ2n) is 3.39. The number of nitrogens with zero attached hydrogens (tertiary/aromatic N) is 2. The van der Waals surface area contributed by atoms with Crippen molar-refractivity contribution in [2.75, 3.05) is 0 Å². The van der Waals surface area contributed by atoms with Crippen LogP contribution >= 0.6 is 27.5 Å². The van der Waals surface area contributed by atoms with E-state index in [2.05, 4.69) is 21.0 Å². The Kier molecular flexibility index (Phi) is 3.30.